The van der Waals surface area contributed by atoms with E-state index in [1.165, 1.54) is 11.1 Å². The lowest BCUT2D eigenvalue weighted by Crippen LogP contribution is -2.09. The maximum absolute atomic E-state index is 12.3. The van der Waals surface area contributed by atoms with Crippen molar-refractivity contribution in [3.63, 3.8) is 0 Å². The third-order valence-electron chi connectivity index (χ3n) is 5.77. The van der Waals surface area contributed by atoms with Crippen LogP contribution in [0.1, 0.15) is 61.1 Å². The zero-order valence-corrected chi connectivity index (χ0v) is 19.2. The van der Waals surface area contributed by atoms with E-state index in [9.17, 15) is 8.42 Å². The molecule has 4 heteroatoms. The summed E-state index contributed by atoms with van der Waals surface area (Å²) in [6, 6.07) is 28.0. The van der Waals surface area contributed by atoms with Gasteiger partial charge in [-0.2, -0.15) is 8.42 Å². The van der Waals surface area contributed by atoms with Crippen LogP contribution in [0.15, 0.2) is 89.8 Å². The van der Waals surface area contributed by atoms with Gasteiger partial charge in [-0.05, 0) is 61.3 Å². The number of aryl methyl sites for hydroxylation is 1. The Bertz CT molecular complexity index is 1010. The van der Waals surface area contributed by atoms with E-state index < -0.39 is 10.1 Å². The van der Waals surface area contributed by atoms with Crippen LogP contribution in [-0.4, -0.2) is 15.0 Å². The average molecular weight is 437 g/mol. The first-order chi connectivity index (χ1) is 15.0. The largest absolute Gasteiger partial charge is 0.296 e. The van der Waals surface area contributed by atoms with E-state index in [2.05, 4.69) is 61.5 Å². The van der Waals surface area contributed by atoms with E-state index in [4.69, 9.17) is 4.18 Å². The van der Waals surface area contributed by atoms with Crippen LogP contribution in [-0.2, 0) is 14.3 Å². The van der Waals surface area contributed by atoms with E-state index in [0.29, 0.717) is 18.3 Å². The number of benzene rings is 3. The number of rotatable bonds is 11. The zero-order valence-electron chi connectivity index (χ0n) is 18.4. The van der Waals surface area contributed by atoms with Gasteiger partial charge in [-0.15, -0.1) is 0 Å². The molecule has 0 fully saturated rings. The predicted molar refractivity (Wildman–Crippen MR) is 127 cm³/mol. The van der Waals surface area contributed by atoms with Crippen LogP contribution in [0, 0.1) is 6.92 Å². The minimum Gasteiger partial charge on any atom is -0.266 e. The maximum Gasteiger partial charge on any atom is 0.296 e. The first-order valence-corrected chi connectivity index (χ1v) is 12.4. The molecule has 0 aliphatic carbocycles. The van der Waals surface area contributed by atoms with Gasteiger partial charge in [0.25, 0.3) is 10.1 Å². The van der Waals surface area contributed by atoms with Gasteiger partial charge < -0.3 is 0 Å². The van der Waals surface area contributed by atoms with Gasteiger partial charge in [-0.3, -0.25) is 4.18 Å². The molecule has 0 spiro atoms. The van der Waals surface area contributed by atoms with Crippen molar-refractivity contribution in [1.82, 2.24) is 0 Å². The van der Waals surface area contributed by atoms with Crippen molar-refractivity contribution in [1.29, 1.82) is 0 Å². The molecule has 3 aromatic rings. The van der Waals surface area contributed by atoms with E-state index in [0.717, 1.165) is 24.8 Å². The minimum absolute atomic E-state index is 0.214. The van der Waals surface area contributed by atoms with Gasteiger partial charge in [0, 0.05) is 0 Å². The molecular formula is C27H32O3S. The number of hydrogen-bond acceptors (Lipinski definition) is 3. The van der Waals surface area contributed by atoms with Crippen LogP contribution in [0.25, 0.3) is 0 Å². The Balaban J connectivity index is 1.54. The summed E-state index contributed by atoms with van der Waals surface area (Å²) >= 11 is 0. The van der Waals surface area contributed by atoms with Crippen molar-refractivity contribution in [2.75, 3.05) is 6.61 Å². The quantitative estimate of drug-likeness (QED) is 0.244. The Morgan fingerprint density at radius 3 is 1.97 bits per heavy atom. The van der Waals surface area contributed by atoms with E-state index in [-0.39, 0.29) is 11.5 Å². The monoisotopic (exact) mass is 436 g/mol. The Hall–Kier alpha value is -2.43. The summed E-state index contributed by atoms with van der Waals surface area (Å²) < 4.78 is 29.9. The fourth-order valence-corrected chi connectivity index (χ4v) is 4.87. The van der Waals surface area contributed by atoms with Crippen LogP contribution in [0.3, 0.4) is 0 Å². The third kappa shape index (κ3) is 7.05. The molecule has 0 saturated carbocycles. The lowest BCUT2D eigenvalue weighted by Gasteiger charge is -2.22. The summed E-state index contributed by atoms with van der Waals surface area (Å²) in [5.41, 5.74) is 3.73. The zero-order chi connectivity index (χ0) is 22.1. The van der Waals surface area contributed by atoms with Crippen LogP contribution >= 0.6 is 0 Å². The maximum atomic E-state index is 12.3. The summed E-state index contributed by atoms with van der Waals surface area (Å²) in [6.45, 7) is 4.42. The number of unbranched alkanes of at least 4 members (excludes halogenated alkanes) is 1. The number of hydrogen-bond donors (Lipinski definition) is 0. The van der Waals surface area contributed by atoms with Crippen LogP contribution in [0.2, 0.25) is 0 Å². The van der Waals surface area contributed by atoms with Crippen LogP contribution in [0.5, 0.6) is 0 Å². The van der Waals surface area contributed by atoms with Crippen LogP contribution in [0.4, 0.5) is 0 Å². The van der Waals surface area contributed by atoms with Gasteiger partial charge in [-0.1, -0.05) is 91.7 Å². The van der Waals surface area contributed by atoms with Gasteiger partial charge in [-0.25, -0.2) is 0 Å². The molecule has 0 aliphatic heterocycles. The topological polar surface area (TPSA) is 43.4 Å². The molecule has 0 aliphatic rings. The fraction of sp³-hybridized carbons (Fsp3) is 0.333. The lowest BCUT2D eigenvalue weighted by atomic mass is 9.83. The minimum atomic E-state index is -3.68. The molecule has 164 valence electrons. The highest BCUT2D eigenvalue weighted by Gasteiger charge is 2.18. The average Bonchev–Trinajstić information content (AvgIpc) is 2.79. The van der Waals surface area contributed by atoms with E-state index >= 15 is 0 Å². The van der Waals surface area contributed by atoms with Crippen LogP contribution < -0.4 is 0 Å². The molecule has 0 aromatic heterocycles. The molecule has 3 aromatic carbocycles. The van der Waals surface area contributed by atoms with Crippen molar-refractivity contribution < 1.29 is 12.6 Å². The standard InChI is InChI=1S/C27H32O3S/c1-22-16-18-27(19-17-22)31(28,29)30-20-10-9-15-26(25-13-7-4-8-14-25)21-23(2)24-11-5-3-6-12-24/h3-8,11-14,16-19,23,26H,9-10,15,20-21H2,1-2H3. The van der Waals surface area contributed by atoms with Gasteiger partial charge in [0.05, 0.1) is 11.5 Å². The second kappa shape index (κ2) is 11.3. The lowest BCUT2D eigenvalue weighted by molar-refractivity contribution is 0.304. The van der Waals surface area contributed by atoms with E-state index in [1.54, 1.807) is 24.3 Å². The molecule has 0 heterocycles. The van der Waals surface area contributed by atoms with Gasteiger partial charge >= 0.3 is 0 Å². The molecule has 0 bridgehead atoms. The summed E-state index contributed by atoms with van der Waals surface area (Å²) in [4.78, 5) is 0.219. The van der Waals surface area contributed by atoms with Crippen molar-refractivity contribution >= 4 is 10.1 Å². The molecular weight excluding hydrogens is 404 g/mol. The molecule has 3 rings (SSSR count). The highest BCUT2D eigenvalue weighted by molar-refractivity contribution is 7.86. The molecule has 2 unspecified atom stereocenters. The van der Waals surface area contributed by atoms with Crippen molar-refractivity contribution in [2.45, 2.75) is 56.3 Å². The third-order valence-corrected chi connectivity index (χ3v) is 7.10. The summed E-state index contributed by atoms with van der Waals surface area (Å²) in [5.74, 6) is 0.898. The van der Waals surface area contributed by atoms with E-state index in [1.807, 2.05) is 13.0 Å². The molecule has 0 amide bonds. The van der Waals surface area contributed by atoms with Gasteiger partial charge in [0.15, 0.2) is 0 Å². The molecule has 31 heavy (non-hydrogen) atoms. The Morgan fingerprint density at radius 1 is 0.774 bits per heavy atom. The normalized spacial score (nSPS) is 13.6. The molecule has 3 nitrogen and oxygen atoms in total. The first-order valence-electron chi connectivity index (χ1n) is 11.0. The predicted octanol–water partition coefficient (Wildman–Crippen LogP) is 6.85. The highest BCUT2D eigenvalue weighted by Crippen LogP contribution is 2.33. The van der Waals surface area contributed by atoms with Crippen molar-refractivity contribution in [3.8, 4) is 0 Å². The molecule has 0 N–H and O–H groups in total. The highest BCUT2D eigenvalue weighted by atomic mass is 32.2. The summed E-state index contributed by atoms with van der Waals surface area (Å²) in [6.07, 6.45) is 3.71. The van der Waals surface area contributed by atoms with Crippen molar-refractivity contribution in [2.24, 2.45) is 0 Å². The SMILES string of the molecule is Cc1ccc(S(=O)(=O)OCCCCC(CC(C)c2ccccc2)c2ccccc2)cc1. The Labute approximate surface area is 187 Å². The Morgan fingerprint density at radius 2 is 1.35 bits per heavy atom. The Kier molecular flexibility index (Phi) is 8.44. The van der Waals surface area contributed by atoms with Gasteiger partial charge in [0.2, 0.25) is 0 Å². The summed E-state index contributed by atoms with van der Waals surface area (Å²) in [7, 11) is -3.68. The second-order valence-corrected chi connectivity index (χ2v) is 9.86. The second-order valence-electron chi connectivity index (χ2n) is 8.24. The molecule has 2 atom stereocenters. The molecule has 0 radical (unpaired) electrons. The van der Waals surface area contributed by atoms with Gasteiger partial charge in [0.1, 0.15) is 0 Å². The van der Waals surface area contributed by atoms with Crippen molar-refractivity contribution in [3.05, 3.63) is 102 Å². The summed E-state index contributed by atoms with van der Waals surface area (Å²) in [5, 5.41) is 0. The molecule has 0 saturated heterocycles. The smallest absolute Gasteiger partial charge is 0.266 e. The first kappa shape index (κ1) is 23.2. The fourth-order valence-electron chi connectivity index (χ4n) is 3.92.